The van der Waals surface area contributed by atoms with E-state index in [1.54, 1.807) is 0 Å². The number of hydrogen-bond donors (Lipinski definition) is 4. The van der Waals surface area contributed by atoms with E-state index in [4.69, 9.17) is 11.5 Å². The van der Waals surface area contributed by atoms with Gasteiger partial charge < -0.3 is 11.5 Å². The average molecular weight is 304 g/mol. The maximum Gasteiger partial charge on any atom is 0.332 e. The zero-order valence-corrected chi connectivity index (χ0v) is 11.1. The Morgan fingerprint density at radius 1 is 0.773 bits per heavy atom. The molecule has 1 aromatic rings. The molecule has 114 valence electrons. The Labute approximate surface area is 124 Å². The first-order valence-electron chi connectivity index (χ1n) is 5.76. The predicted molar refractivity (Wildman–Crippen MR) is 77.5 cm³/mol. The van der Waals surface area contributed by atoms with Crippen molar-refractivity contribution in [1.29, 1.82) is 0 Å². The number of carbonyl (C=O) groups is 4. The number of Topliss-reactive ketones (excluding diaryl/α,β-unsaturated/α-hetero) is 2. The van der Waals surface area contributed by atoms with Crippen molar-refractivity contribution in [3.8, 4) is 0 Å². The molecule has 1 aromatic carbocycles. The van der Waals surface area contributed by atoms with Crippen molar-refractivity contribution in [2.45, 2.75) is 0 Å². The van der Waals surface area contributed by atoms with Crippen molar-refractivity contribution < 1.29 is 19.2 Å². The highest BCUT2D eigenvalue weighted by molar-refractivity contribution is 6.37. The molecule has 1 rings (SSSR count). The second-order valence-electron chi connectivity index (χ2n) is 3.77. The number of rotatable bonds is 6. The van der Waals surface area contributed by atoms with Gasteiger partial charge in [-0.05, 0) is 0 Å². The van der Waals surface area contributed by atoms with Gasteiger partial charge >= 0.3 is 12.1 Å². The van der Waals surface area contributed by atoms with Crippen LogP contribution in [0.5, 0.6) is 0 Å². The summed E-state index contributed by atoms with van der Waals surface area (Å²) in [4.78, 5) is 44.0. The summed E-state index contributed by atoms with van der Waals surface area (Å²) in [6, 6.07) is 3.77. The molecule has 0 aliphatic rings. The molecule has 0 atom stereocenters. The summed E-state index contributed by atoms with van der Waals surface area (Å²) in [5.74, 6) is -0.978. The van der Waals surface area contributed by atoms with Gasteiger partial charge in [-0.1, -0.05) is 24.3 Å². The molecule has 0 saturated heterocycles. The summed E-state index contributed by atoms with van der Waals surface area (Å²) in [6.45, 7) is 0. The summed E-state index contributed by atoms with van der Waals surface area (Å²) in [7, 11) is 0. The number of primary amides is 2. The lowest BCUT2D eigenvalue weighted by atomic mass is 10.1. The number of hydrazone groups is 2. The van der Waals surface area contributed by atoms with Crippen molar-refractivity contribution in [2.24, 2.45) is 21.7 Å². The van der Waals surface area contributed by atoms with Crippen LogP contribution >= 0.6 is 0 Å². The van der Waals surface area contributed by atoms with E-state index in [1.807, 2.05) is 10.9 Å². The fourth-order valence-electron chi connectivity index (χ4n) is 1.26. The summed E-state index contributed by atoms with van der Waals surface area (Å²) in [6.07, 6.45) is 1.75. The smallest absolute Gasteiger partial charge is 0.332 e. The van der Waals surface area contributed by atoms with E-state index in [9.17, 15) is 19.2 Å². The summed E-state index contributed by atoms with van der Waals surface area (Å²) >= 11 is 0. The van der Waals surface area contributed by atoms with Crippen LogP contribution in [0.15, 0.2) is 34.5 Å². The van der Waals surface area contributed by atoms with Gasteiger partial charge in [0.05, 0.1) is 12.4 Å². The third-order valence-electron chi connectivity index (χ3n) is 2.17. The zero-order valence-electron chi connectivity index (χ0n) is 11.1. The molecule has 0 unspecified atom stereocenters. The lowest BCUT2D eigenvalue weighted by Crippen LogP contribution is -2.25. The van der Waals surface area contributed by atoms with Crippen molar-refractivity contribution in [2.75, 3.05) is 0 Å². The lowest BCUT2D eigenvalue weighted by Gasteiger charge is -1.98. The normalized spacial score (nSPS) is 10.5. The number of nitrogens with two attached hydrogens (primary N) is 2. The molecule has 0 heterocycles. The Hall–Kier alpha value is -3.56. The average Bonchev–Trinajstić information content (AvgIpc) is 2.46. The van der Waals surface area contributed by atoms with Crippen LogP contribution in [-0.2, 0) is 0 Å². The lowest BCUT2D eigenvalue weighted by molar-refractivity contribution is 0.105. The van der Waals surface area contributed by atoms with E-state index in [1.165, 1.54) is 24.3 Å². The number of nitrogens with zero attached hydrogens (tertiary/aromatic N) is 2. The fraction of sp³-hybridized carbons (Fsp3) is 0. The summed E-state index contributed by atoms with van der Waals surface area (Å²) in [5.41, 5.74) is 13.8. The van der Waals surface area contributed by atoms with Crippen LogP contribution in [0.4, 0.5) is 9.59 Å². The Balaban J connectivity index is 2.70. The van der Waals surface area contributed by atoms with Crippen LogP contribution in [0.3, 0.4) is 0 Å². The minimum absolute atomic E-state index is 0.249. The molecular weight excluding hydrogens is 292 g/mol. The molecule has 6 N–H and O–H groups in total. The minimum atomic E-state index is -0.895. The largest absolute Gasteiger partial charge is 0.350 e. The SMILES string of the molecule is NC(=O)N/N=C\C(=O)c1ccc(C(=O)/C=N\NC(N)=O)cc1. The maximum absolute atomic E-state index is 11.6. The number of nitrogens with one attached hydrogen (secondary N) is 2. The van der Waals surface area contributed by atoms with Gasteiger partial charge in [-0.2, -0.15) is 10.2 Å². The quantitative estimate of drug-likeness (QED) is 0.311. The summed E-state index contributed by atoms with van der Waals surface area (Å²) in [5, 5.41) is 6.64. The Bertz CT molecular complexity index is 593. The Morgan fingerprint density at radius 3 is 1.36 bits per heavy atom. The third kappa shape index (κ3) is 5.61. The first-order chi connectivity index (χ1) is 10.4. The number of benzene rings is 1. The van der Waals surface area contributed by atoms with E-state index in [2.05, 4.69) is 10.2 Å². The second-order valence-corrected chi connectivity index (χ2v) is 3.77. The monoisotopic (exact) mass is 304 g/mol. The number of hydrogen-bond acceptors (Lipinski definition) is 6. The van der Waals surface area contributed by atoms with Gasteiger partial charge in [0.1, 0.15) is 0 Å². The highest BCUT2D eigenvalue weighted by atomic mass is 16.2. The molecule has 0 radical (unpaired) electrons. The molecule has 0 aliphatic heterocycles. The van der Waals surface area contributed by atoms with Crippen LogP contribution in [0.25, 0.3) is 0 Å². The van der Waals surface area contributed by atoms with E-state index in [0.717, 1.165) is 12.4 Å². The van der Waals surface area contributed by atoms with Crippen LogP contribution in [0, 0.1) is 0 Å². The molecule has 0 fully saturated rings. The molecule has 10 heteroatoms. The van der Waals surface area contributed by atoms with Crippen molar-refractivity contribution in [3.63, 3.8) is 0 Å². The molecular formula is C12H12N6O4. The summed E-state index contributed by atoms with van der Waals surface area (Å²) < 4.78 is 0. The predicted octanol–water partition coefficient (Wildman–Crippen LogP) is -0.640. The van der Waals surface area contributed by atoms with Crippen LogP contribution < -0.4 is 22.3 Å². The first kappa shape index (κ1) is 16.5. The van der Waals surface area contributed by atoms with Gasteiger partial charge in [0.25, 0.3) is 0 Å². The third-order valence-corrected chi connectivity index (χ3v) is 2.17. The first-order valence-corrected chi connectivity index (χ1v) is 5.76. The number of ketones is 2. The molecule has 4 amide bonds. The molecule has 0 aliphatic carbocycles. The highest BCUT2D eigenvalue weighted by Crippen LogP contribution is 2.05. The molecule has 10 nitrogen and oxygen atoms in total. The molecule has 0 saturated carbocycles. The van der Waals surface area contributed by atoms with Gasteiger partial charge in [-0.15, -0.1) is 0 Å². The van der Waals surface area contributed by atoms with Crippen molar-refractivity contribution in [1.82, 2.24) is 10.9 Å². The van der Waals surface area contributed by atoms with E-state index < -0.39 is 23.6 Å². The molecule has 22 heavy (non-hydrogen) atoms. The second kappa shape index (κ2) is 7.89. The van der Waals surface area contributed by atoms with Gasteiger partial charge in [-0.25, -0.2) is 20.4 Å². The Morgan fingerprint density at radius 2 is 1.09 bits per heavy atom. The fourth-order valence-corrected chi connectivity index (χ4v) is 1.26. The van der Waals surface area contributed by atoms with Crippen LogP contribution in [0.1, 0.15) is 20.7 Å². The van der Waals surface area contributed by atoms with E-state index >= 15 is 0 Å². The molecule has 0 aromatic heterocycles. The van der Waals surface area contributed by atoms with Crippen molar-refractivity contribution >= 4 is 36.1 Å². The minimum Gasteiger partial charge on any atom is -0.350 e. The molecule has 0 spiro atoms. The van der Waals surface area contributed by atoms with Crippen LogP contribution in [0.2, 0.25) is 0 Å². The zero-order chi connectivity index (χ0) is 16.5. The maximum atomic E-state index is 11.6. The Kier molecular flexibility index (Phi) is 5.92. The highest BCUT2D eigenvalue weighted by Gasteiger charge is 2.06. The number of carbonyl (C=O) groups excluding carboxylic acids is 4. The van der Waals surface area contributed by atoms with Gasteiger partial charge in [0.2, 0.25) is 11.6 Å². The topological polar surface area (TPSA) is 169 Å². The van der Waals surface area contributed by atoms with Crippen molar-refractivity contribution in [3.05, 3.63) is 35.4 Å². The standard InChI is InChI=1S/C12H12N6O4/c13-11(21)17-15-5-9(19)7-1-2-8(4-3-7)10(20)6-16-18-12(14)22/h1-6H,(H3,13,17,21)(H3,14,18,22)/b15-5-,16-6-. The van der Waals surface area contributed by atoms with Gasteiger partial charge in [0, 0.05) is 11.1 Å². The van der Waals surface area contributed by atoms with E-state index in [-0.39, 0.29) is 11.1 Å². The molecule has 0 bridgehead atoms. The van der Waals surface area contributed by atoms with E-state index in [0.29, 0.717) is 0 Å². The van der Waals surface area contributed by atoms with Gasteiger partial charge in [-0.3, -0.25) is 9.59 Å². The van der Waals surface area contributed by atoms with Crippen LogP contribution in [-0.4, -0.2) is 36.1 Å². The number of amides is 4. The number of urea groups is 2. The van der Waals surface area contributed by atoms with Gasteiger partial charge in [0.15, 0.2) is 0 Å².